The molecule has 0 aromatic heterocycles. The second-order valence-corrected chi connectivity index (χ2v) is 3.42. The topological polar surface area (TPSA) is 30.5 Å². The molecule has 1 N–H and O–H groups in total. The summed E-state index contributed by atoms with van der Waals surface area (Å²) in [4.78, 5) is 0.666. The molecule has 0 aliphatic carbocycles. The molecule has 74 valence electrons. The van der Waals surface area contributed by atoms with Crippen LogP contribution in [0, 0.1) is 0 Å². The molecule has 0 spiro atoms. The molecule has 1 atom stereocenters. The van der Waals surface area contributed by atoms with Gasteiger partial charge in [0.2, 0.25) is 0 Å². The SMILES string of the molecule is CNC(=S)[C@@H]1COc2ccccc2O1. The van der Waals surface area contributed by atoms with Crippen molar-refractivity contribution in [3.8, 4) is 11.5 Å². The maximum absolute atomic E-state index is 5.66. The van der Waals surface area contributed by atoms with E-state index in [0.717, 1.165) is 11.5 Å². The van der Waals surface area contributed by atoms with Crippen molar-refractivity contribution < 1.29 is 9.47 Å². The highest BCUT2D eigenvalue weighted by molar-refractivity contribution is 7.80. The van der Waals surface area contributed by atoms with Crippen LogP contribution in [0.15, 0.2) is 24.3 Å². The molecule has 1 aromatic rings. The third-order valence-corrected chi connectivity index (χ3v) is 2.51. The predicted octanol–water partition coefficient (Wildman–Crippen LogP) is 1.37. The standard InChI is InChI=1S/C10H11NO2S/c1-11-10(14)9-6-12-7-4-2-3-5-8(7)13-9/h2-5,9H,6H2,1H3,(H,11,14)/t9-/m0/s1. The van der Waals surface area contributed by atoms with Gasteiger partial charge in [0.1, 0.15) is 11.6 Å². The van der Waals surface area contributed by atoms with Gasteiger partial charge in [-0.05, 0) is 12.1 Å². The number of hydrogen-bond acceptors (Lipinski definition) is 3. The minimum Gasteiger partial charge on any atom is -0.485 e. The molecule has 4 heteroatoms. The van der Waals surface area contributed by atoms with Crippen LogP contribution in [0.2, 0.25) is 0 Å². The maximum Gasteiger partial charge on any atom is 0.182 e. The van der Waals surface area contributed by atoms with Crippen LogP contribution < -0.4 is 14.8 Å². The van der Waals surface area contributed by atoms with Gasteiger partial charge >= 0.3 is 0 Å². The van der Waals surface area contributed by atoms with Crippen molar-refractivity contribution >= 4 is 17.2 Å². The minimum absolute atomic E-state index is 0.176. The molecule has 1 aliphatic rings. The molecule has 1 aliphatic heterocycles. The smallest absolute Gasteiger partial charge is 0.182 e. The first-order valence-corrected chi connectivity index (χ1v) is 4.82. The lowest BCUT2D eigenvalue weighted by Crippen LogP contribution is -2.41. The van der Waals surface area contributed by atoms with E-state index in [9.17, 15) is 0 Å². The molecule has 2 rings (SSSR count). The van der Waals surface area contributed by atoms with E-state index in [1.165, 1.54) is 0 Å². The molecule has 0 unspecified atom stereocenters. The van der Waals surface area contributed by atoms with Gasteiger partial charge in [-0.2, -0.15) is 0 Å². The van der Waals surface area contributed by atoms with Gasteiger partial charge in [-0.1, -0.05) is 24.4 Å². The third kappa shape index (κ3) is 1.65. The monoisotopic (exact) mass is 209 g/mol. The Morgan fingerprint density at radius 1 is 1.43 bits per heavy atom. The van der Waals surface area contributed by atoms with Crippen molar-refractivity contribution in [3.63, 3.8) is 0 Å². The van der Waals surface area contributed by atoms with Gasteiger partial charge in [-0.15, -0.1) is 0 Å². The number of fused-ring (bicyclic) bond motifs is 1. The Morgan fingerprint density at radius 2 is 2.14 bits per heavy atom. The number of likely N-dealkylation sites (N-methyl/N-ethyl adjacent to an activating group) is 1. The molecule has 0 fully saturated rings. The van der Waals surface area contributed by atoms with Crippen molar-refractivity contribution in [3.05, 3.63) is 24.3 Å². The Bertz CT molecular complexity index is 354. The first kappa shape index (κ1) is 9.27. The number of para-hydroxylation sites is 2. The van der Waals surface area contributed by atoms with Crippen LogP contribution in [0.1, 0.15) is 0 Å². The molecule has 14 heavy (non-hydrogen) atoms. The van der Waals surface area contributed by atoms with Crippen LogP contribution in [0.4, 0.5) is 0 Å². The average Bonchev–Trinajstić information content (AvgIpc) is 2.27. The molecular weight excluding hydrogens is 198 g/mol. The Hall–Kier alpha value is -1.29. The van der Waals surface area contributed by atoms with Gasteiger partial charge in [0.05, 0.1) is 0 Å². The summed E-state index contributed by atoms with van der Waals surface area (Å²) in [7, 11) is 1.78. The number of nitrogens with one attached hydrogen (secondary N) is 1. The lowest BCUT2D eigenvalue weighted by Gasteiger charge is -2.26. The third-order valence-electron chi connectivity index (χ3n) is 2.05. The van der Waals surface area contributed by atoms with E-state index in [-0.39, 0.29) is 6.10 Å². The minimum atomic E-state index is -0.176. The predicted molar refractivity (Wildman–Crippen MR) is 58.0 cm³/mol. The van der Waals surface area contributed by atoms with E-state index in [0.29, 0.717) is 11.6 Å². The highest BCUT2D eigenvalue weighted by Crippen LogP contribution is 2.30. The largest absolute Gasteiger partial charge is 0.485 e. The second-order valence-electron chi connectivity index (χ2n) is 2.98. The molecule has 0 radical (unpaired) electrons. The van der Waals surface area contributed by atoms with Crippen molar-refractivity contribution in [2.75, 3.05) is 13.7 Å². The summed E-state index contributed by atoms with van der Waals surface area (Å²) < 4.78 is 11.2. The summed E-state index contributed by atoms with van der Waals surface area (Å²) >= 11 is 5.09. The van der Waals surface area contributed by atoms with Crippen LogP contribution in [-0.2, 0) is 0 Å². The summed E-state index contributed by atoms with van der Waals surface area (Å²) in [5, 5.41) is 2.89. The van der Waals surface area contributed by atoms with Crippen LogP contribution in [0.5, 0.6) is 11.5 Å². The lowest BCUT2D eigenvalue weighted by molar-refractivity contribution is 0.134. The van der Waals surface area contributed by atoms with Crippen molar-refractivity contribution in [2.45, 2.75) is 6.10 Å². The van der Waals surface area contributed by atoms with E-state index in [2.05, 4.69) is 5.32 Å². The molecule has 3 nitrogen and oxygen atoms in total. The number of thiocarbonyl (C=S) groups is 1. The highest BCUT2D eigenvalue weighted by Gasteiger charge is 2.23. The van der Waals surface area contributed by atoms with Crippen molar-refractivity contribution in [1.82, 2.24) is 5.32 Å². The molecule has 0 saturated carbocycles. The number of ether oxygens (including phenoxy) is 2. The average molecular weight is 209 g/mol. The Morgan fingerprint density at radius 3 is 2.86 bits per heavy atom. The lowest BCUT2D eigenvalue weighted by atomic mass is 10.2. The van der Waals surface area contributed by atoms with Gasteiger partial charge < -0.3 is 14.8 Å². The van der Waals surface area contributed by atoms with E-state index in [1.807, 2.05) is 24.3 Å². The van der Waals surface area contributed by atoms with Gasteiger partial charge in [0, 0.05) is 7.05 Å². The summed E-state index contributed by atoms with van der Waals surface area (Å²) in [5.74, 6) is 1.53. The quantitative estimate of drug-likeness (QED) is 0.708. The molecule has 1 aromatic carbocycles. The fourth-order valence-corrected chi connectivity index (χ4v) is 1.43. The fraction of sp³-hybridized carbons (Fsp3) is 0.300. The summed E-state index contributed by atoms with van der Waals surface area (Å²) in [6.07, 6.45) is -0.176. The van der Waals surface area contributed by atoms with E-state index < -0.39 is 0 Å². The summed E-state index contributed by atoms with van der Waals surface area (Å²) in [6, 6.07) is 7.58. The zero-order valence-corrected chi connectivity index (χ0v) is 8.64. The zero-order valence-electron chi connectivity index (χ0n) is 7.82. The van der Waals surface area contributed by atoms with Crippen molar-refractivity contribution in [1.29, 1.82) is 0 Å². The van der Waals surface area contributed by atoms with E-state index in [4.69, 9.17) is 21.7 Å². The maximum atomic E-state index is 5.66. The summed E-state index contributed by atoms with van der Waals surface area (Å²) in [6.45, 7) is 0.469. The Kier molecular flexibility index (Phi) is 2.54. The normalized spacial score (nSPS) is 18.8. The Balaban J connectivity index is 2.17. The molecular formula is C10H11NO2S. The van der Waals surface area contributed by atoms with Gasteiger partial charge in [-0.3, -0.25) is 0 Å². The number of benzene rings is 1. The van der Waals surface area contributed by atoms with Crippen LogP contribution in [0.3, 0.4) is 0 Å². The molecule has 0 amide bonds. The summed E-state index contributed by atoms with van der Waals surface area (Å²) in [5.41, 5.74) is 0. The number of rotatable bonds is 1. The molecule has 1 heterocycles. The van der Waals surface area contributed by atoms with Gasteiger partial charge in [-0.25, -0.2) is 0 Å². The van der Waals surface area contributed by atoms with Crippen LogP contribution >= 0.6 is 12.2 Å². The van der Waals surface area contributed by atoms with E-state index >= 15 is 0 Å². The van der Waals surface area contributed by atoms with E-state index in [1.54, 1.807) is 7.05 Å². The molecule has 0 bridgehead atoms. The van der Waals surface area contributed by atoms with Crippen LogP contribution in [-0.4, -0.2) is 24.7 Å². The first-order valence-electron chi connectivity index (χ1n) is 4.41. The number of hydrogen-bond donors (Lipinski definition) is 1. The van der Waals surface area contributed by atoms with Crippen molar-refractivity contribution in [2.24, 2.45) is 0 Å². The Labute approximate surface area is 88.0 Å². The zero-order chi connectivity index (χ0) is 9.97. The van der Waals surface area contributed by atoms with Gasteiger partial charge in [0.25, 0.3) is 0 Å². The van der Waals surface area contributed by atoms with Gasteiger partial charge in [0.15, 0.2) is 17.6 Å². The molecule has 0 saturated heterocycles. The highest BCUT2D eigenvalue weighted by atomic mass is 32.1. The fourth-order valence-electron chi connectivity index (χ4n) is 1.31. The van der Waals surface area contributed by atoms with Crippen LogP contribution in [0.25, 0.3) is 0 Å². The first-order chi connectivity index (χ1) is 6.81. The second kappa shape index (κ2) is 3.84.